The number of hydrogen-bond acceptors (Lipinski definition) is 3. The molecule has 0 unspecified atom stereocenters. The lowest BCUT2D eigenvalue weighted by Gasteiger charge is -2.50. The van der Waals surface area contributed by atoms with Crippen molar-refractivity contribution < 1.29 is 14.3 Å². The molecule has 0 aliphatic carbocycles. The van der Waals surface area contributed by atoms with Crippen LogP contribution in [0.25, 0.3) is 0 Å². The van der Waals surface area contributed by atoms with Gasteiger partial charge in [-0.15, -0.1) is 0 Å². The van der Waals surface area contributed by atoms with E-state index in [1.54, 1.807) is 23.1 Å². The third-order valence-electron chi connectivity index (χ3n) is 6.37. The van der Waals surface area contributed by atoms with Gasteiger partial charge in [0, 0.05) is 24.1 Å². The summed E-state index contributed by atoms with van der Waals surface area (Å²) >= 11 is 0. The zero-order valence-electron chi connectivity index (χ0n) is 19.0. The molecule has 0 radical (unpaired) electrons. The first-order chi connectivity index (χ1) is 15.8. The van der Waals surface area contributed by atoms with Crippen LogP contribution >= 0.6 is 0 Å². The van der Waals surface area contributed by atoms with Crippen molar-refractivity contribution in [1.82, 2.24) is 10.6 Å². The molecular weight excluding hydrogens is 414 g/mol. The number of nitrogens with one attached hydrogen (secondary N) is 2. The van der Waals surface area contributed by atoms with Crippen LogP contribution < -0.4 is 20.3 Å². The van der Waals surface area contributed by atoms with Crippen molar-refractivity contribution in [2.75, 3.05) is 4.90 Å². The Kier molecular flexibility index (Phi) is 5.08. The van der Waals surface area contributed by atoms with E-state index in [9.17, 15) is 9.59 Å². The number of anilines is 1. The Morgan fingerprint density at radius 2 is 1.85 bits per heavy atom. The van der Waals surface area contributed by atoms with Crippen molar-refractivity contribution in [1.29, 1.82) is 0 Å². The van der Waals surface area contributed by atoms with Gasteiger partial charge in [-0.1, -0.05) is 53.6 Å². The van der Waals surface area contributed by atoms with Gasteiger partial charge in [-0.05, 0) is 50.6 Å². The molecule has 2 bridgehead atoms. The summed E-state index contributed by atoms with van der Waals surface area (Å²) in [5.74, 6) is 0.583. The Balaban J connectivity index is 1.39. The maximum absolute atomic E-state index is 13.2. The van der Waals surface area contributed by atoms with Crippen molar-refractivity contribution in [3.63, 3.8) is 0 Å². The quantitative estimate of drug-likeness (QED) is 0.598. The number of benzene rings is 3. The van der Waals surface area contributed by atoms with Crippen LogP contribution in [0.3, 0.4) is 0 Å². The number of ether oxygens (including phenoxy) is 1. The molecule has 2 N–H and O–H groups in total. The van der Waals surface area contributed by atoms with E-state index in [2.05, 4.69) is 16.7 Å². The number of urea groups is 1. The molecule has 2 aliphatic rings. The van der Waals surface area contributed by atoms with Crippen LogP contribution in [0.4, 0.5) is 10.5 Å². The highest BCUT2D eigenvalue weighted by atomic mass is 16.5. The van der Waals surface area contributed by atoms with Gasteiger partial charge in [-0.25, -0.2) is 4.79 Å². The van der Waals surface area contributed by atoms with Gasteiger partial charge in [-0.3, -0.25) is 9.69 Å². The molecule has 1 saturated heterocycles. The summed E-state index contributed by atoms with van der Waals surface area (Å²) in [5.41, 5.74) is 4.59. The first kappa shape index (κ1) is 21.1. The van der Waals surface area contributed by atoms with E-state index in [1.807, 2.05) is 63.2 Å². The molecule has 168 valence electrons. The summed E-state index contributed by atoms with van der Waals surface area (Å²) in [5, 5.41) is 6.07. The standard InChI is InChI=1S/C27H27N3O3/c1-17-7-10-19(11-8-17)16-28-25(31)20-5-4-6-21(14-20)30-26(32)29-23-15-27(30,3)33-24-12-9-18(2)13-22(23)24/h4-14,23H,15-16H2,1-3H3,(H,28,31)(H,29,32)/t23-,27-/m1/s1. The predicted molar refractivity (Wildman–Crippen MR) is 127 cm³/mol. The zero-order chi connectivity index (χ0) is 23.2. The van der Waals surface area contributed by atoms with Crippen molar-refractivity contribution in [2.24, 2.45) is 0 Å². The van der Waals surface area contributed by atoms with Crippen LogP contribution in [-0.2, 0) is 6.54 Å². The summed E-state index contributed by atoms with van der Waals surface area (Å²) in [4.78, 5) is 27.6. The van der Waals surface area contributed by atoms with Crippen LogP contribution in [0.1, 0.15) is 52.0 Å². The SMILES string of the molecule is Cc1ccc(CNC(=O)c2cccc(N3C(=O)N[C@@H]4C[C@@]3(C)Oc3ccc(C)cc34)c2)cc1. The second kappa shape index (κ2) is 7.96. The van der Waals surface area contributed by atoms with Gasteiger partial charge < -0.3 is 15.4 Å². The van der Waals surface area contributed by atoms with E-state index in [1.165, 1.54) is 5.56 Å². The highest BCUT2D eigenvalue weighted by molar-refractivity contribution is 5.99. The molecular formula is C27H27N3O3. The Labute approximate surface area is 193 Å². The second-order valence-corrected chi connectivity index (χ2v) is 9.08. The van der Waals surface area contributed by atoms with Gasteiger partial charge in [0.25, 0.3) is 5.91 Å². The maximum Gasteiger partial charge on any atom is 0.325 e. The molecule has 3 amide bonds. The zero-order valence-corrected chi connectivity index (χ0v) is 19.0. The van der Waals surface area contributed by atoms with Gasteiger partial charge in [0.15, 0.2) is 5.72 Å². The Morgan fingerprint density at radius 1 is 1.09 bits per heavy atom. The van der Waals surface area contributed by atoms with Gasteiger partial charge in [0.1, 0.15) is 5.75 Å². The second-order valence-electron chi connectivity index (χ2n) is 9.08. The molecule has 0 saturated carbocycles. The third-order valence-corrected chi connectivity index (χ3v) is 6.37. The fourth-order valence-electron chi connectivity index (χ4n) is 4.66. The Morgan fingerprint density at radius 3 is 2.64 bits per heavy atom. The van der Waals surface area contributed by atoms with Crippen molar-refractivity contribution >= 4 is 17.6 Å². The van der Waals surface area contributed by atoms with E-state index < -0.39 is 5.72 Å². The predicted octanol–water partition coefficient (Wildman–Crippen LogP) is 5.00. The fraction of sp³-hybridized carbons (Fsp3) is 0.259. The number of aryl methyl sites for hydroxylation is 2. The largest absolute Gasteiger partial charge is 0.467 e. The Bertz CT molecular complexity index is 1240. The summed E-state index contributed by atoms with van der Waals surface area (Å²) < 4.78 is 6.36. The monoisotopic (exact) mass is 441 g/mol. The normalized spacial score (nSPS) is 21.0. The van der Waals surface area contributed by atoms with Crippen LogP contribution in [-0.4, -0.2) is 17.7 Å². The number of hydrogen-bond donors (Lipinski definition) is 2. The third kappa shape index (κ3) is 3.93. The summed E-state index contributed by atoms with van der Waals surface area (Å²) in [6.45, 7) is 6.42. The lowest BCUT2D eigenvalue weighted by molar-refractivity contribution is 0.0378. The lowest BCUT2D eigenvalue weighted by atomic mass is 9.89. The van der Waals surface area contributed by atoms with Gasteiger partial charge in [0.05, 0.1) is 11.7 Å². The molecule has 2 heterocycles. The average Bonchev–Trinajstić information content (AvgIpc) is 2.79. The molecule has 0 aromatic heterocycles. The van der Waals surface area contributed by atoms with Gasteiger partial charge >= 0.3 is 6.03 Å². The molecule has 0 spiro atoms. The topological polar surface area (TPSA) is 70.7 Å². The molecule has 1 fully saturated rings. The van der Waals surface area contributed by atoms with Crippen molar-refractivity contribution in [3.05, 3.63) is 94.5 Å². The number of fused-ring (bicyclic) bond motifs is 4. The van der Waals surface area contributed by atoms with Crippen LogP contribution in [0.15, 0.2) is 66.7 Å². The number of amides is 3. The maximum atomic E-state index is 13.2. The minimum atomic E-state index is -0.855. The molecule has 2 atom stereocenters. The Hall–Kier alpha value is -3.80. The molecule has 5 rings (SSSR count). The molecule has 2 aliphatic heterocycles. The van der Waals surface area contributed by atoms with E-state index in [0.717, 1.165) is 22.4 Å². The number of nitrogens with zero attached hydrogens (tertiary/aromatic N) is 1. The minimum Gasteiger partial charge on any atom is -0.467 e. The average molecular weight is 442 g/mol. The summed E-state index contributed by atoms with van der Waals surface area (Å²) in [6, 6.07) is 20.8. The molecule has 6 nitrogen and oxygen atoms in total. The van der Waals surface area contributed by atoms with E-state index in [4.69, 9.17) is 4.74 Å². The molecule has 6 heteroatoms. The smallest absolute Gasteiger partial charge is 0.325 e. The first-order valence-corrected chi connectivity index (χ1v) is 11.2. The number of rotatable bonds is 4. The lowest BCUT2D eigenvalue weighted by Crippen LogP contribution is -2.65. The molecule has 33 heavy (non-hydrogen) atoms. The molecule has 3 aromatic carbocycles. The van der Waals surface area contributed by atoms with Crippen LogP contribution in [0.5, 0.6) is 5.75 Å². The van der Waals surface area contributed by atoms with Crippen LogP contribution in [0, 0.1) is 13.8 Å². The minimum absolute atomic E-state index is 0.108. The highest BCUT2D eigenvalue weighted by Gasteiger charge is 2.49. The van der Waals surface area contributed by atoms with E-state index in [-0.39, 0.29) is 18.0 Å². The molecule has 3 aromatic rings. The summed E-state index contributed by atoms with van der Waals surface area (Å²) in [7, 11) is 0. The van der Waals surface area contributed by atoms with Crippen molar-refractivity contribution in [3.8, 4) is 5.75 Å². The summed E-state index contributed by atoms with van der Waals surface area (Å²) in [6.07, 6.45) is 0.610. The van der Waals surface area contributed by atoms with E-state index >= 15 is 0 Å². The van der Waals surface area contributed by atoms with Gasteiger partial charge in [0.2, 0.25) is 0 Å². The first-order valence-electron chi connectivity index (χ1n) is 11.2. The highest BCUT2D eigenvalue weighted by Crippen LogP contribution is 2.45. The fourth-order valence-corrected chi connectivity index (χ4v) is 4.66. The van der Waals surface area contributed by atoms with Crippen molar-refractivity contribution in [2.45, 2.75) is 45.5 Å². The van der Waals surface area contributed by atoms with Gasteiger partial charge in [-0.2, -0.15) is 0 Å². The number of carbonyl (C=O) groups is 2. The van der Waals surface area contributed by atoms with Crippen LogP contribution in [0.2, 0.25) is 0 Å². The number of carbonyl (C=O) groups excluding carboxylic acids is 2. The van der Waals surface area contributed by atoms with E-state index in [0.29, 0.717) is 24.2 Å².